The van der Waals surface area contributed by atoms with Crippen LogP contribution in [0, 0.1) is 0 Å². The number of rotatable bonds is 3. The van der Waals surface area contributed by atoms with Crippen LogP contribution in [0.2, 0.25) is 0 Å². The van der Waals surface area contributed by atoms with E-state index in [4.69, 9.17) is 0 Å². The number of anilines is 1. The number of hydrogen-bond donors (Lipinski definition) is 1. The second-order valence-electron chi connectivity index (χ2n) is 6.03. The van der Waals surface area contributed by atoms with Gasteiger partial charge in [-0.05, 0) is 47.7 Å². The third kappa shape index (κ3) is 2.72. The molecule has 2 aromatic rings. The van der Waals surface area contributed by atoms with Gasteiger partial charge in [0.2, 0.25) is 5.91 Å². The van der Waals surface area contributed by atoms with E-state index < -0.39 is 0 Å². The third-order valence-corrected chi connectivity index (χ3v) is 4.51. The molecule has 116 valence electrons. The highest BCUT2D eigenvalue weighted by Gasteiger charge is 2.21. The predicted octanol–water partition coefficient (Wildman–Crippen LogP) is 3.21. The first-order chi connectivity index (χ1) is 11.3. The SMILES string of the molecule is O=C1CCCN1c1ccc(-c2cncc(C3=CNCC3)c2)cc1. The maximum Gasteiger partial charge on any atom is 0.227 e. The smallest absolute Gasteiger partial charge is 0.227 e. The fraction of sp³-hybridized carbons (Fsp3) is 0.263. The summed E-state index contributed by atoms with van der Waals surface area (Å²) < 4.78 is 0. The van der Waals surface area contributed by atoms with Crippen LogP contribution in [0.3, 0.4) is 0 Å². The fourth-order valence-electron chi connectivity index (χ4n) is 3.23. The largest absolute Gasteiger partial charge is 0.390 e. The molecule has 0 bridgehead atoms. The van der Waals surface area contributed by atoms with Gasteiger partial charge in [0.05, 0.1) is 0 Å². The second kappa shape index (κ2) is 5.88. The van der Waals surface area contributed by atoms with Gasteiger partial charge in [0.1, 0.15) is 0 Å². The summed E-state index contributed by atoms with van der Waals surface area (Å²) in [5.41, 5.74) is 5.70. The van der Waals surface area contributed by atoms with E-state index in [1.165, 1.54) is 11.1 Å². The van der Waals surface area contributed by atoms with Crippen LogP contribution in [-0.2, 0) is 4.79 Å². The lowest BCUT2D eigenvalue weighted by atomic mass is 10.0. The Kier molecular flexibility index (Phi) is 3.58. The lowest BCUT2D eigenvalue weighted by Crippen LogP contribution is -2.23. The molecule has 0 saturated carbocycles. The molecule has 0 radical (unpaired) electrons. The monoisotopic (exact) mass is 305 g/mol. The Labute approximate surface area is 135 Å². The number of amides is 1. The van der Waals surface area contributed by atoms with Gasteiger partial charge in [-0.15, -0.1) is 0 Å². The van der Waals surface area contributed by atoms with Crippen molar-refractivity contribution in [1.29, 1.82) is 0 Å². The standard InChI is InChI=1S/C19H19N3O/c23-19-2-1-9-22(19)18-5-3-14(4-6-18)16-10-17(13-21-12-16)15-7-8-20-11-15/h3-6,10-13,20H,1-2,7-9H2. The highest BCUT2D eigenvalue weighted by Crippen LogP contribution is 2.28. The van der Waals surface area contributed by atoms with Crippen LogP contribution >= 0.6 is 0 Å². The highest BCUT2D eigenvalue weighted by molar-refractivity contribution is 5.95. The average molecular weight is 305 g/mol. The van der Waals surface area contributed by atoms with Gasteiger partial charge in [-0.3, -0.25) is 9.78 Å². The molecule has 1 N–H and O–H groups in total. The van der Waals surface area contributed by atoms with Crippen molar-refractivity contribution in [2.24, 2.45) is 0 Å². The van der Waals surface area contributed by atoms with Gasteiger partial charge in [-0.1, -0.05) is 12.1 Å². The second-order valence-corrected chi connectivity index (χ2v) is 6.03. The van der Waals surface area contributed by atoms with Crippen LogP contribution in [-0.4, -0.2) is 24.0 Å². The Morgan fingerprint density at radius 1 is 1.00 bits per heavy atom. The van der Waals surface area contributed by atoms with Crippen molar-refractivity contribution in [3.05, 3.63) is 54.5 Å². The van der Waals surface area contributed by atoms with Crippen LogP contribution in [0.25, 0.3) is 16.7 Å². The number of pyridine rings is 1. The molecular formula is C19H19N3O. The molecule has 2 aliphatic heterocycles. The summed E-state index contributed by atoms with van der Waals surface area (Å²) in [5.74, 6) is 0.224. The van der Waals surface area contributed by atoms with Gasteiger partial charge in [-0.2, -0.15) is 0 Å². The number of carbonyl (C=O) groups is 1. The van der Waals surface area contributed by atoms with Crippen LogP contribution in [0.1, 0.15) is 24.8 Å². The Balaban J connectivity index is 1.60. The Hall–Kier alpha value is -2.62. The van der Waals surface area contributed by atoms with Crippen molar-refractivity contribution in [1.82, 2.24) is 10.3 Å². The van der Waals surface area contributed by atoms with Crippen LogP contribution in [0.4, 0.5) is 5.69 Å². The number of nitrogens with zero attached hydrogens (tertiary/aromatic N) is 2. The maximum absolute atomic E-state index is 11.8. The summed E-state index contributed by atoms with van der Waals surface area (Å²) in [4.78, 5) is 18.1. The van der Waals surface area contributed by atoms with E-state index in [2.05, 4.69) is 34.7 Å². The minimum atomic E-state index is 0.224. The Morgan fingerprint density at radius 3 is 2.52 bits per heavy atom. The van der Waals surface area contributed by atoms with Crippen molar-refractivity contribution >= 4 is 17.2 Å². The minimum absolute atomic E-state index is 0.224. The van der Waals surface area contributed by atoms with Crippen molar-refractivity contribution in [3.8, 4) is 11.1 Å². The van der Waals surface area contributed by atoms with E-state index in [0.29, 0.717) is 6.42 Å². The maximum atomic E-state index is 11.8. The zero-order valence-electron chi connectivity index (χ0n) is 13.0. The zero-order valence-corrected chi connectivity index (χ0v) is 13.0. The summed E-state index contributed by atoms with van der Waals surface area (Å²) in [5, 5.41) is 3.25. The Morgan fingerprint density at radius 2 is 1.83 bits per heavy atom. The molecule has 4 heteroatoms. The topological polar surface area (TPSA) is 45.2 Å². The fourth-order valence-corrected chi connectivity index (χ4v) is 3.23. The molecule has 1 aromatic heterocycles. The van der Waals surface area contributed by atoms with Crippen molar-refractivity contribution in [3.63, 3.8) is 0 Å². The summed E-state index contributed by atoms with van der Waals surface area (Å²) >= 11 is 0. The van der Waals surface area contributed by atoms with Gasteiger partial charge in [0.15, 0.2) is 0 Å². The third-order valence-electron chi connectivity index (χ3n) is 4.51. The predicted molar refractivity (Wildman–Crippen MR) is 91.9 cm³/mol. The molecule has 0 atom stereocenters. The van der Waals surface area contributed by atoms with Crippen molar-refractivity contribution in [2.45, 2.75) is 19.3 Å². The molecule has 1 amide bonds. The van der Waals surface area contributed by atoms with Gasteiger partial charge >= 0.3 is 0 Å². The first kappa shape index (κ1) is 14.0. The lowest BCUT2D eigenvalue weighted by molar-refractivity contribution is -0.117. The molecule has 3 heterocycles. The molecule has 4 rings (SSSR count). The quantitative estimate of drug-likeness (QED) is 0.947. The van der Waals surface area contributed by atoms with E-state index >= 15 is 0 Å². The molecule has 1 fully saturated rings. The van der Waals surface area contributed by atoms with E-state index in [9.17, 15) is 4.79 Å². The number of hydrogen-bond acceptors (Lipinski definition) is 3. The van der Waals surface area contributed by atoms with E-state index in [-0.39, 0.29) is 5.91 Å². The average Bonchev–Trinajstić information content (AvgIpc) is 3.27. The van der Waals surface area contributed by atoms with Gasteiger partial charge in [0, 0.05) is 49.4 Å². The molecular weight excluding hydrogens is 286 g/mol. The first-order valence-electron chi connectivity index (χ1n) is 8.10. The number of nitrogens with one attached hydrogen (secondary N) is 1. The molecule has 0 unspecified atom stereocenters. The summed E-state index contributed by atoms with van der Waals surface area (Å²) in [6, 6.07) is 10.4. The van der Waals surface area contributed by atoms with Crippen LogP contribution in [0.15, 0.2) is 48.9 Å². The first-order valence-corrected chi connectivity index (χ1v) is 8.10. The number of carbonyl (C=O) groups excluding carboxylic acids is 1. The Bertz CT molecular complexity index is 764. The molecule has 2 aliphatic rings. The molecule has 1 saturated heterocycles. The minimum Gasteiger partial charge on any atom is -0.390 e. The highest BCUT2D eigenvalue weighted by atomic mass is 16.2. The van der Waals surface area contributed by atoms with E-state index in [1.54, 1.807) is 0 Å². The number of aromatic nitrogens is 1. The van der Waals surface area contributed by atoms with Gasteiger partial charge in [0.25, 0.3) is 0 Å². The van der Waals surface area contributed by atoms with Gasteiger partial charge in [-0.25, -0.2) is 0 Å². The number of benzene rings is 1. The van der Waals surface area contributed by atoms with Crippen molar-refractivity contribution in [2.75, 3.05) is 18.0 Å². The zero-order chi connectivity index (χ0) is 15.6. The summed E-state index contributed by atoms with van der Waals surface area (Å²) in [6.07, 6.45) is 8.54. The normalized spacial score (nSPS) is 17.3. The molecule has 0 aliphatic carbocycles. The molecule has 0 spiro atoms. The van der Waals surface area contributed by atoms with Crippen LogP contribution < -0.4 is 10.2 Å². The van der Waals surface area contributed by atoms with E-state index in [1.807, 2.05) is 29.4 Å². The van der Waals surface area contributed by atoms with E-state index in [0.717, 1.165) is 42.7 Å². The summed E-state index contributed by atoms with van der Waals surface area (Å²) in [7, 11) is 0. The molecule has 4 nitrogen and oxygen atoms in total. The molecule has 23 heavy (non-hydrogen) atoms. The van der Waals surface area contributed by atoms with Crippen LogP contribution in [0.5, 0.6) is 0 Å². The van der Waals surface area contributed by atoms with Gasteiger partial charge < -0.3 is 10.2 Å². The summed E-state index contributed by atoms with van der Waals surface area (Å²) in [6.45, 7) is 1.83. The lowest BCUT2D eigenvalue weighted by Gasteiger charge is -2.16. The van der Waals surface area contributed by atoms with Crippen molar-refractivity contribution < 1.29 is 4.79 Å². The molecule has 1 aromatic carbocycles.